The molecule has 0 aliphatic carbocycles. The number of hydrogen-bond acceptors (Lipinski definition) is 7. The van der Waals surface area contributed by atoms with E-state index in [1.807, 2.05) is 0 Å². The molecular weight excluding hydrogens is 316 g/mol. The van der Waals surface area contributed by atoms with Crippen LogP contribution in [-0.2, 0) is 28.6 Å². The topological polar surface area (TPSA) is 75.6 Å². The Hall–Kier alpha value is -0.280. The number of methoxy groups -OCH3 is 2. The van der Waals surface area contributed by atoms with Crippen molar-refractivity contribution in [1.82, 2.24) is 0 Å². The predicted molar refractivity (Wildman–Crippen MR) is 104 cm³/mol. The molecule has 0 heterocycles. The molecule has 7 nitrogen and oxygen atoms in total. The Bertz CT molecular complexity index is 148. The fraction of sp³-hybridized carbons (Fsp3) is 1.00. The molecule has 7 heteroatoms. The van der Waals surface area contributed by atoms with Crippen molar-refractivity contribution in [2.24, 2.45) is 0 Å². The smallest absolute Gasteiger partial charge is 0.105 e. The minimum Gasteiger partial charge on any atom is -0.382 e. The van der Waals surface area contributed by atoms with Gasteiger partial charge in [-0.1, -0.05) is 44.6 Å². The van der Waals surface area contributed by atoms with Gasteiger partial charge in [0.15, 0.2) is 0 Å². The molecule has 0 bridgehead atoms. The Kier molecular flexibility index (Phi) is 70.0. The van der Waals surface area contributed by atoms with E-state index < -0.39 is 0 Å². The van der Waals surface area contributed by atoms with Crippen LogP contribution in [0.1, 0.15) is 44.6 Å². The second kappa shape index (κ2) is 38.3. The fourth-order valence-electron chi connectivity index (χ4n) is 1.11. The first-order valence-electron chi connectivity index (χ1n) is 5.86. The van der Waals surface area contributed by atoms with Crippen LogP contribution in [0.3, 0.4) is 0 Å². The third-order valence-electron chi connectivity index (χ3n) is 2.00. The molecule has 0 amide bonds. The van der Waals surface area contributed by atoms with Crippen molar-refractivity contribution >= 4 is 0 Å². The highest BCUT2D eigenvalue weighted by atomic mass is 17.1. The molecule has 0 aromatic carbocycles. The van der Waals surface area contributed by atoms with Gasteiger partial charge in [-0.15, -0.1) is 0 Å². The van der Waals surface area contributed by atoms with Crippen molar-refractivity contribution in [2.75, 3.05) is 67.1 Å². The molecule has 1 atom stereocenters. The molecule has 0 aromatic rings. The molecule has 0 saturated carbocycles. The first-order valence-corrected chi connectivity index (χ1v) is 5.86. The van der Waals surface area contributed by atoms with E-state index in [9.17, 15) is 0 Å². The van der Waals surface area contributed by atoms with Gasteiger partial charge < -0.3 is 23.7 Å². The summed E-state index contributed by atoms with van der Waals surface area (Å²) in [6, 6.07) is 0. The second-order valence-electron chi connectivity index (χ2n) is 3.46. The number of rotatable bonds is 14. The van der Waals surface area contributed by atoms with Crippen LogP contribution in [0.25, 0.3) is 0 Å². The van der Waals surface area contributed by atoms with Crippen LogP contribution in [0, 0.1) is 0 Å². The van der Waals surface area contributed by atoms with Gasteiger partial charge in [-0.2, -0.15) is 0 Å². The third-order valence-corrected chi connectivity index (χ3v) is 2.00. The van der Waals surface area contributed by atoms with Gasteiger partial charge in [0.05, 0.1) is 46.2 Å². The molecule has 24 heavy (non-hydrogen) atoms. The van der Waals surface area contributed by atoms with Gasteiger partial charge in [0.25, 0.3) is 0 Å². The van der Waals surface area contributed by atoms with Gasteiger partial charge in [0.1, 0.15) is 12.7 Å². The third kappa shape index (κ3) is 33.4. The van der Waals surface area contributed by atoms with E-state index in [-0.39, 0.29) is 57.3 Å². The van der Waals surface area contributed by atoms with E-state index in [2.05, 4.69) is 4.89 Å². The predicted octanol–water partition coefficient (Wildman–Crippen LogP) is 4.00. The highest BCUT2D eigenvalue weighted by Crippen LogP contribution is 1.96. The lowest BCUT2D eigenvalue weighted by atomic mass is 10.4. The lowest BCUT2D eigenvalue weighted by Gasteiger charge is -2.18. The largest absolute Gasteiger partial charge is 0.382 e. The summed E-state index contributed by atoms with van der Waals surface area (Å²) in [6.07, 6.45) is -0.171. The Labute approximate surface area is 152 Å². The quantitative estimate of drug-likeness (QED) is 0.283. The SMILES string of the molecule is C.C.C.C.C.C.COCCOCC(COCCOO)OCCOC. The molecule has 158 valence electrons. The highest BCUT2D eigenvalue weighted by Gasteiger charge is 2.09. The lowest BCUT2D eigenvalue weighted by molar-refractivity contribution is -0.250. The van der Waals surface area contributed by atoms with Gasteiger partial charge >= 0.3 is 0 Å². The minimum atomic E-state index is -0.171. The molecule has 0 aliphatic rings. The summed E-state index contributed by atoms with van der Waals surface area (Å²) in [6.45, 7) is 3.30. The maximum atomic E-state index is 8.14. The van der Waals surface area contributed by atoms with Gasteiger partial charge in [-0.05, 0) is 0 Å². The van der Waals surface area contributed by atoms with Crippen molar-refractivity contribution in [3.05, 3.63) is 0 Å². The lowest BCUT2D eigenvalue weighted by Crippen LogP contribution is -2.28. The zero-order valence-corrected chi connectivity index (χ0v) is 11.1. The standard InChI is InChI=1S/C11H24O7.6CH4/c1-13-3-5-15-9-11(17-7-4-14-2)10-16-6-8-18-12;;;;;;/h11-12H,3-10H2,1-2H3;6*1H4. The Morgan fingerprint density at radius 3 is 1.46 bits per heavy atom. The van der Waals surface area contributed by atoms with Crippen molar-refractivity contribution in [3.8, 4) is 0 Å². The van der Waals surface area contributed by atoms with Crippen molar-refractivity contribution in [3.63, 3.8) is 0 Å². The first kappa shape index (κ1) is 43.8. The minimum absolute atomic E-state index is 0. The average Bonchev–Trinajstić information content (AvgIpc) is 2.39. The van der Waals surface area contributed by atoms with Gasteiger partial charge in [-0.3, -0.25) is 5.26 Å². The average molecular weight is 365 g/mol. The van der Waals surface area contributed by atoms with E-state index in [4.69, 9.17) is 28.9 Å². The molecule has 0 radical (unpaired) electrons. The highest BCUT2D eigenvalue weighted by molar-refractivity contribution is 4.55. The maximum absolute atomic E-state index is 8.14. The van der Waals surface area contributed by atoms with Crippen LogP contribution in [0.5, 0.6) is 0 Å². The zero-order chi connectivity index (χ0) is 13.5. The fourth-order valence-corrected chi connectivity index (χ4v) is 1.11. The van der Waals surface area contributed by atoms with Crippen LogP contribution in [-0.4, -0.2) is 78.4 Å². The van der Waals surface area contributed by atoms with Crippen molar-refractivity contribution in [1.29, 1.82) is 0 Å². The number of ether oxygens (including phenoxy) is 5. The summed E-state index contributed by atoms with van der Waals surface area (Å²) >= 11 is 0. The summed E-state index contributed by atoms with van der Waals surface area (Å²) < 4.78 is 25.9. The van der Waals surface area contributed by atoms with Gasteiger partial charge in [-0.25, -0.2) is 4.89 Å². The molecular formula is C17H48O7. The summed E-state index contributed by atoms with van der Waals surface area (Å²) in [4.78, 5) is 3.90. The van der Waals surface area contributed by atoms with E-state index in [0.29, 0.717) is 46.2 Å². The van der Waals surface area contributed by atoms with Crippen LogP contribution in [0.15, 0.2) is 0 Å². The van der Waals surface area contributed by atoms with E-state index in [1.165, 1.54) is 0 Å². The Morgan fingerprint density at radius 1 is 0.625 bits per heavy atom. The Balaban J connectivity index is -0.0000000963. The molecule has 0 fully saturated rings. The van der Waals surface area contributed by atoms with Crippen LogP contribution in [0.2, 0.25) is 0 Å². The zero-order valence-electron chi connectivity index (χ0n) is 11.1. The summed E-state index contributed by atoms with van der Waals surface area (Å²) in [5.74, 6) is 0. The maximum Gasteiger partial charge on any atom is 0.105 e. The Morgan fingerprint density at radius 2 is 1.04 bits per heavy atom. The van der Waals surface area contributed by atoms with E-state index in [0.717, 1.165) is 0 Å². The molecule has 0 saturated heterocycles. The van der Waals surface area contributed by atoms with Crippen molar-refractivity contribution < 1.29 is 33.8 Å². The summed E-state index contributed by atoms with van der Waals surface area (Å²) in [7, 11) is 3.23. The number of hydrogen-bond donors (Lipinski definition) is 1. The molecule has 1 unspecified atom stereocenters. The summed E-state index contributed by atoms with van der Waals surface area (Å²) in [5.41, 5.74) is 0. The van der Waals surface area contributed by atoms with E-state index >= 15 is 0 Å². The molecule has 0 rings (SSSR count). The van der Waals surface area contributed by atoms with Crippen LogP contribution < -0.4 is 0 Å². The van der Waals surface area contributed by atoms with Gasteiger partial charge in [0, 0.05) is 14.2 Å². The molecule has 1 N–H and O–H groups in total. The second-order valence-corrected chi connectivity index (χ2v) is 3.46. The molecule has 0 aromatic heterocycles. The monoisotopic (exact) mass is 364 g/mol. The normalized spacial score (nSPS) is 9.62. The van der Waals surface area contributed by atoms with E-state index in [1.54, 1.807) is 14.2 Å². The first-order chi connectivity index (χ1) is 8.85. The molecule has 0 aliphatic heterocycles. The van der Waals surface area contributed by atoms with Crippen LogP contribution >= 0.6 is 0 Å². The van der Waals surface area contributed by atoms with Crippen LogP contribution in [0.4, 0.5) is 0 Å². The summed E-state index contributed by atoms with van der Waals surface area (Å²) in [5, 5.41) is 8.14. The van der Waals surface area contributed by atoms with Gasteiger partial charge in [0.2, 0.25) is 0 Å². The molecule has 0 spiro atoms. The van der Waals surface area contributed by atoms with Crippen molar-refractivity contribution in [2.45, 2.75) is 50.7 Å².